The van der Waals surface area contributed by atoms with E-state index in [-0.39, 0.29) is 29.0 Å². The van der Waals surface area contributed by atoms with Gasteiger partial charge >= 0.3 is 12.1 Å². The Kier molecular flexibility index (Phi) is 7.44. The van der Waals surface area contributed by atoms with Crippen molar-refractivity contribution in [3.8, 4) is 17.0 Å². The van der Waals surface area contributed by atoms with Crippen molar-refractivity contribution in [3.63, 3.8) is 0 Å². The molecular formula is C21H19BrF3NO4. The molecule has 5 nitrogen and oxygen atoms in total. The van der Waals surface area contributed by atoms with Crippen LogP contribution in [-0.4, -0.2) is 34.9 Å². The number of benzene rings is 2. The van der Waals surface area contributed by atoms with E-state index in [9.17, 15) is 23.1 Å². The second kappa shape index (κ2) is 9.44. The Balaban J connectivity index is 0.00000101. The molecule has 0 aliphatic rings. The van der Waals surface area contributed by atoms with Gasteiger partial charge in [-0.3, -0.25) is 0 Å². The maximum absolute atomic E-state index is 13.1. The van der Waals surface area contributed by atoms with Gasteiger partial charge < -0.3 is 14.9 Å². The molecule has 2 aromatic carbocycles. The number of methoxy groups -OCH3 is 1. The number of alkyl halides is 3. The van der Waals surface area contributed by atoms with Gasteiger partial charge in [-0.15, -0.1) is 0 Å². The summed E-state index contributed by atoms with van der Waals surface area (Å²) in [6.07, 6.45) is -4.51. The molecule has 3 rings (SSSR count). The van der Waals surface area contributed by atoms with Crippen LogP contribution in [0.2, 0.25) is 0 Å². The Hall–Kier alpha value is -2.65. The van der Waals surface area contributed by atoms with Crippen LogP contribution < -0.4 is 4.74 Å². The number of aliphatic hydroxyl groups excluding tert-OH is 1. The largest absolute Gasteiger partial charge is 0.495 e. The van der Waals surface area contributed by atoms with E-state index in [1.54, 1.807) is 19.1 Å². The third kappa shape index (κ3) is 4.91. The molecule has 0 amide bonds. The Labute approximate surface area is 179 Å². The number of rotatable bonds is 3. The number of ether oxygens (including phenoxy) is 1. The average Bonchev–Trinajstić information content (AvgIpc) is 2.67. The molecule has 1 aromatic heterocycles. The Morgan fingerprint density at radius 1 is 1.23 bits per heavy atom. The van der Waals surface area contributed by atoms with Crippen LogP contribution in [-0.2, 0) is 6.18 Å². The van der Waals surface area contributed by atoms with E-state index in [1.165, 1.54) is 26.2 Å². The van der Waals surface area contributed by atoms with Crippen molar-refractivity contribution in [2.45, 2.75) is 20.0 Å². The van der Waals surface area contributed by atoms with Crippen LogP contribution in [0.1, 0.15) is 28.4 Å². The number of aromatic nitrogens is 1. The van der Waals surface area contributed by atoms with Gasteiger partial charge in [-0.2, -0.15) is 13.2 Å². The molecule has 0 saturated heterocycles. The average molecular weight is 486 g/mol. The Morgan fingerprint density at radius 2 is 1.87 bits per heavy atom. The van der Waals surface area contributed by atoms with E-state index in [0.29, 0.717) is 21.1 Å². The standard InChI is InChI=1S/C19H13BrF3NO3.C2H6O/c1-9-16(18(25)26)12-7-13(20)15(27-2)8-14(12)24-17(9)10-4-3-5-11(6-10)19(21,22)23;1-2-3/h3-8H,1-2H3,(H,25,26);3H,2H2,1H3. The van der Waals surface area contributed by atoms with Crippen LogP contribution in [0.5, 0.6) is 5.75 Å². The molecule has 0 saturated carbocycles. The molecule has 0 bridgehead atoms. The van der Waals surface area contributed by atoms with Gasteiger partial charge in [0.1, 0.15) is 5.75 Å². The molecule has 2 N–H and O–H groups in total. The number of halogens is 4. The van der Waals surface area contributed by atoms with Crippen LogP contribution in [0.3, 0.4) is 0 Å². The van der Waals surface area contributed by atoms with Crippen molar-refractivity contribution in [3.05, 3.63) is 57.6 Å². The van der Waals surface area contributed by atoms with Crippen molar-refractivity contribution in [1.29, 1.82) is 0 Å². The number of hydrogen-bond donors (Lipinski definition) is 2. The predicted molar refractivity (Wildman–Crippen MR) is 111 cm³/mol. The summed E-state index contributed by atoms with van der Waals surface area (Å²) in [5.74, 6) is -0.754. The molecule has 0 atom stereocenters. The molecule has 30 heavy (non-hydrogen) atoms. The maximum atomic E-state index is 13.1. The summed E-state index contributed by atoms with van der Waals surface area (Å²) < 4.78 is 44.9. The van der Waals surface area contributed by atoms with Gasteiger partial charge in [-0.05, 0) is 53.5 Å². The van der Waals surface area contributed by atoms with E-state index in [0.717, 1.165) is 12.1 Å². The van der Waals surface area contributed by atoms with Crippen molar-refractivity contribution >= 4 is 32.8 Å². The highest BCUT2D eigenvalue weighted by Gasteiger charge is 2.31. The van der Waals surface area contributed by atoms with Gasteiger partial charge in [0.05, 0.1) is 33.9 Å². The lowest BCUT2D eigenvalue weighted by molar-refractivity contribution is -0.137. The minimum atomic E-state index is -4.51. The van der Waals surface area contributed by atoms with Gasteiger partial charge in [-0.1, -0.05) is 12.1 Å². The topological polar surface area (TPSA) is 79.7 Å². The molecule has 160 valence electrons. The van der Waals surface area contributed by atoms with E-state index in [4.69, 9.17) is 9.84 Å². The molecule has 0 fully saturated rings. The summed E-state index contributed by atoms with van der Waals surface area (Å²) >= 11 is 3.31. The van der Waals surface area contributed by atoms with Crippen LogP contribution in [0.15, 0.2) is 40.9 Å². The SMILES string of the molecule is CCO.COc1cc2nc(-c3cccc(C(F)(F)F)c3)c(C)c(C(=O)O)c2cc1Br. The zero-order valence-corrected chi connectivity index (χ0v) is 17.9. The first-order valence-electron chi connectivity index (χ1n) is 8.74. The summed E-state index contributed by atoms with van der Waals surface area (Å²) in [5.41, 5.74) is 0.114. The van der Waals surface area contributed by atoms with Crippen LogP contribution >= 0.6 is 15.9 Å². The van der Waals surface area contributed by atoms with Gasteiger partial charge in [0.15, 0.2) is 0 Å². The summed E-state index contributed by atoms with van der Waals surface area (Å²) in [7, 11) is 1.45. The number of aliphatic hydroxyl groups is 1. The van der Waals surface area contributed by atoms with E-state index in [1.807, 2.05) is 0 Å². The molecular weight excluding hydrogens is 467 g/mol. The highest BCUT2D eigenvalue weighted by atomic mass is 79.9. The fraction of sp³-hybridized carbons (Fsp3) is 0.238. The smallest absolute Gasteiger partial charge is 0.416 e. The van der Waals surface area contributed by atoms with Crippen LogP contribution in [0.4, 0.5) is 13.2 Å². The zero-order chi connectivity index (χ0) is 22.6. The number of hydrogen-bond acceptors (Lipinski definition) is 4. The number of pyridine rings is 1. The molecule has 0 unspecified atom stereocenters. The summed E-state index contributed by atoms with van der Waals surface area (Å²) in [6, 6.07) is 7.78. The first-order chi connectivity index (χ1) is 14.0. The quantitative estimate of drug-likeness (QED) is 0.497. The number of carboxylic acids is 1. The van der Waals surface area contributed by atoms with Crippen molar-refractivity contribution in [2.75, 3.05) is 13.7 Å². The molecule has 0 aliphatic carbocycles. The third-order valence-electron chi connectivity index (χ3n) is 4.18. The van der Waals surface area contributed by atoms with Crippen LogP contribution in [0, 0.1) is 6.92 Å². The zero-order valence-electron chi connectivity index (χ0n) is 16.3. The molecule has 0 spiro atoms. The van der Waals surface area contributed by atoms with Gasteiger partial charge in [0.25, 0.3) is 0 Å². The normalized spacial score (nSPS) is 11.1. The predicted octanol–water partition coefficient (Wildman–Crippen LogP) is 5.70. The first kappa shape index (κ1) is 23.6. The Morgan fingerprint density at radius 3 is 2.40 bits per heavy atom. The van der Waals surface area contributed by atoms with Gasteiger partial charge in [-0.25, -0.2) is 9.78 Å². The van der Waals surface area contributed by atoms with Crippen molar-refractivity contribution in [1.82, 2.24) is 4.98 Å². The van der Waals surface area contributed by atoms with Gasteiger partial charge in [0, 0.05) is 23.6 Å². The van der Waals surface area contributed by atoms with Crippen molar-refractivity contribution in [2.24, 2.45) is 0 Å². The highest BCUT2D eigenvalue weighted by molar-refractivity contribution is 9.10. The molecule has 3 aromatic rings. The number of aromatic carboxylic acids is 1. The highest BCUT2D eigenvalue weighted by Crippen LogP contribution is 2.37. The number of nitrogens with zero attached hydrogens (tertiary/aromatic N) is 1. The monoisotopic (exact) mass is 485 g/mol. The lowest BCUT2D eigenvalue weighted by Gasteiger charge is -2.15. The molecule has 9 heteroatoms. The summed E-state index contributed by atoms with van der Waals surface area (Å²) in [5, 5.41) is 17.6. The number of fused-ring (bicyclic) bond motifs is 1. The second-order valence-corrected chi connectivity index (χ2v) is 7.02. The van der Waals surface area contributed by atoms with E-state index >= 15 is 0 Å². The summed E-state index contributed by atoms with van der Waals surface area (Å²) in [6.45, 7) is 3.46. The molecule has 1 heterocycles. The lowest BCUT2D eigenvalue weighted by atomic mass is 9.97. The lowest BCUT2D eigenvalue weighted by Crippen LogP contribution is -2.07. The third-order valence-corrected chi connectivity index (χ3v) is 4.80. The molecule has 0 aliphatic heterocycles. The fourth-order valence-electron chi connectivity index (χ4n) is 2.92. The summed E-state index contributed by atoms with van der Waals surface area (Å²) in [4.78, 5) is 16.3. The Bertz CT molecular complexity index is 1080. The fourth-order valence-corrected chi connectivity index (χ4v) is 3.42. The van der Waals surface area contributed by atoms with Gasteiger partial charge in [0.2, 0.25) is 0 Å². The molecule has 0 radical (unpaired) electrons. The number of carbonyl (C=O) groups is 1. The van der Waals surface area contributed by atoms with Crippen LogP contribution in [0.25, 0.3) is 22.2 Å². The minimum absolute atomic E-state index is 0.0178. The minimum Gasteiger partial charge on any atom is -0.495 e. The maximum Gasteiger partial charge on any atom is 0.416 e. The van der Waals surface area contributed by atoms with E-state index in [2.05, 4.69) is 20.9 Å². The first-order valence-corrected chi connectivity index (χ1v) is 9.54. The van der Waals surface area contributed by atoms with E-state index < -0.39 is 17.7 Å². The number of carboxylic acid groups (broad SMARTS) is 1. The van der Waals surface area contributed by atoms with Crippen molar-refractivity contribution < 1.29 is 32.9 Å². The second-order valence-electron chi connectivity index (χ2n) is 6.16.